The number of nitrogens with one attached hydrogen (secondary N) is 4. The molecule has 0 aromatic carbocycles. The Balaban J connectivity index is 1.17. The molecule has 4 N–H and O–H groups in total. The molecule has 5 aromatic heterocycles. The summed E-state index contributed by atoms with van der Waals surface area (Å²) in [4.78, 5) is 75.7. The summed E-state index contributed by atoms with van der Waals surface area (Å²) in [7, 11) is 0. The van der Waals surface area contributed by atoms with Crippen LogP contribution in [-0.4, -0.2) is 53.5 Å². The Bertz CT molecular complexity index is 2150. The van der Waals surface area contributed by atoms with Crippen LogP contribution in [0.4, 0.5) is 24.8 Å². The maximum absolute atomic E-state index is 13.2. The Kier molecular flexibility index (Phi) is 11.2. The molecule has 5 rings (SSSR count). The molecule has 2 unspecified atom stereocenters. The average Bonchev–Trinajstić information content (AvgIpc) is 3.78. The minimum absolute atomic E-state index is 0.0353. The number of pyridine rings is 2. The van der Waals surface area contributed by atoms with Gasteiger partial charge in [0.15, 0.2) is 0 Å². The van der Waals surface area contributed by atoms with Crippen LogP contribution in [0.25, 0.3) is 0 Å². The lowest BCUT2D eigenvalue weighted by Crippen LogP contribution is -2.30. The van der Waals surface area contributed by atoms with Gasteiger partial charge in [0.1, 0.15) is 49.1 Å². The predicted octanol–water partition coefficient (Wildman–Crippen LogP) is 6.30. The molecular weight excluding hydrogens is 756 g/mol. The predicted molar refractivity (Wildman–Crippen MR) is 182 cm³/mol. The molecule has 2 atom stereocenters. The third-order valence-corrected chi connectivity index (χ3v) is 9.81. The Morgan fingerprint density at radius 1 is 0.667 bits per heavy atom. The molecule has 0 fully saturated rings. The number of halogens is 5. The van der Waals surface area contributed by atoms with Gasteiger partial charge in [-0.25, -0.2) is 29.9 Å². The van der Waals surface area contributed by atoms with Crippen molar-refractivity contribution in [1.82, 2.24) is 40.5 Å². The molecule has 0 aliphatic heterocycles. The number of anilines is 2. The van der Waals surface area contributed by atoms with Gasteiger partial charge in [0.05, 0.1) is 40.1 Å². The van der Waals surface area contributed by atoms with Crippen molar-refractivity contribution in [3.63, 3.8) is 0 Å². The molecule has 21 heteroatoms. The topological polar surface area (TPSA) is 194 Å². The zero-order chi connectivity index (χ0) is 37.0. The number of alkyl halides is 3. The molecule has 264 valence electrons. The second-order valence-electron chi connectivity index (χ2n) is 10.6. The van der Waals surface area contributed by atoms with Gasteiger partial charge < -0.3 is 21.3 Å². The molecule has 0 saturated heterocycles. The van der Waals surface area contributed by atoms with E-state index in [1.165, 1.54) is 24.7 Å². The third kappa shape index (κ3) is 9.17. The lowest BCUT2D eigenvalue weighted by Gasteiger charge is -2.12. The number of carbonyl (C=O) groups is 4. The Morgan fingerprint density at radius 2 is 1.14 bits per heavy atom. The fraction of sp³-hybridized carbons (Fsp3) is 0.200. The number of aromatic nitrogens is 6. The summed E-state index contributed by atoms with van der Waals surface area (Å²) in [6.07, 6.45) is 1.07. The number of aryl methyl sites for hydroxylation is 1. The number of thiazole rings is 2. The van der Waals surface area contributed by atoms with E-state index >= 15 is 0 Å². The highest BCUT2D eigenvalue weighted by Gasteiger charge is 2.34. The zero-order valence-corrected chi connectivity index (χ0v) is 29.4. The standard InChI is InChI=1S/C30H23Cl2F3N10O4S2/c1-12-4-22(36-7-16(12)31)44-26(48)20-9-38-28(50-20)13(2)42-24(46)18-6-19(41-11-40-18)25(47)43-14(3)29-39-10-21(51-29)27(49)45-23-5-15(30(33,34)35)17(32)8-37-23/h4-11,13-14H,1-3H3,(H,42,46)(H,43,47)(H,36,44,48)(H,37,45,49). The second kappa shape index (κ2) is 15.4. The van der Waals surface area contributed by atoms with E-state index in [9.17, 15) is 32.3 Å². The van der Waals surface area contributed by atoms with Gasteiger partial charge in [0.2, 0.25) is 0 Å². The van der Waals surface area contributed by atoms with Gasteiger partial charge in [0, 0.05) is 18.5 Å². The maximum atomic E-state index is 13.2. The van der Waals surface area contributed by atoms with E-state index in [4.69, 9.17) is 23.2 Å². The summed E-state index contributed by atoms with van der Waals surface area (Å²) < 4.78 is 39.5. The van der Waals surface area contributed by atoms with Crippen LogP contribution in [0.1, 0.15) is 87.4 Å². The van der Waals surface area contributed by atoms with Crippen molar-refractivity contribution in [3.8, 4) is 0 Å². The van der Waals surface area contributed by atoms with E-state index in [0.29, 0.717) is 26.9 Å². The van der Waals surface area contributed by atoms with Crippen LogP contribution in [-0.2, 0) is 6.18 Å². The fourth-order valence-electron chi connectivity index (χ4n) is 4.14. The Labute approximate surface area is 304 Å². The molecule has 0 bridgehead atoms. The van der Waals surface area contributed by atoms with Crippen LogP contribution in [0.2, 0.25) is 10.0 Å². The van der Waals surface area contributed by atoms with Crippen molar-refractivity contribution in [2.24, 2.45) is 0 Å². The molecule has 0 aliphatic rings. The number of nitrogens with zero attached hydrogens (tertiary/aromatic N) is 6. The van der Waals surface area contributed by atoms with E-state index in [1.807, 2.05) is 0 Å². The summed E-state index contributed by atoms with van der Waals surface area (Å²) in [6.45, 7) is 5.02. The smallest absolute Gasteiger partial charge is 0.342 e. The first-order chi connectivity index (χ1) is 24.1. The quantitative estimate of drug-likeness (QED) is 0.125. The first-order valence-electron chi connectivity index (χ1n) is 14.4. The first kappa shape index (κ1) is 37.2. The highest BCUT2D eigenvalue weighted by atomic mass is 35.5. The molecule has 14 nitrogen and oxygen atoms in total. The number of hydrogen-bond donors (Lipinski definition) is 4. The summed E-state index contributed by atoms with van der Waals surface area (Å²) in [5, 5.41) is 10.9. The zero-order valence-electron chi connectivity index (χ0n) is 26.3. The van der Waals surface area contributed by atoms with Crippen molar-refractivity contribution >= 4 is 81.1 Å². The Hall–Kier alpha value is -5.11. The highest BCUT2D eigenvalue weighted by molar-refractivity contribution is 7.14. The van der Waals surface area contributed by atoms with Crippen LogP contribution in [0.5, 0.6) is 0 Å². The molecule has 5 aromatic rings. The minimum atomic E-state index is -4.75. The molecule has 5 heterocycles. The van der Waals surface area contributed by atoms with Crippen LogP contribution < -0.4 is 21.3 Å². The van der Waals surface area contributed by atoms with Gasteiger partial charge >= 0.3 is 6.18 Å². The van der Waals surface area contributed by atoms with Crippen LogP contribution in [0.3, 0.4) is 0 Å². The van der Waals surface area contributed by atoms with E-state index in [1.54, 1.807) is 26.8 Å². The van der Waals surface area contributed by atoms with Gasteiger partial charge in [-0.1, -0.05) is 23.2 Å². The number of amides is 4. The normalized spacial score (nSPS) is 12.5. The van der Waals surface area contributed by atoms with Crippen LogP contribution in [0.15, 0.2) is 49.3 Å². The molecule has 0 spiro atoms. The fourth-order valence-corrected chi connectivity index (χ4v) is 6.09. The third-order valence-electron chi connectivity index (χ3n) is 6.75. The molecule has 0 saturated carbocycles. The largest absolute Gasteiger partial charge is 0.418 e. The van der Waals surface area contributed by atoms with Crippen LogP contribution >= 0.6 is 45.9 Å². The first-order valence-corrected chi connectivity index (χ1v) is 16.8. The van der Waals surface area contributed by atoms with Gasteiger partial charge in [-0.2, -0.15) is 13.2 Å². The van der Waals surface area contributed by atoms with Gasteiger partial charge in [-0.05, 0) is 38.5 Å². The van der Waals surface area contributed by atoms with Crippen molar-refractivity contribution in [3.05, 3.63) is 102 Å². The SMILES string of the molecule is Cc1cc(NC(=O)c2cnc(C(C)NC(=O)c3cc(C(=O)NC(C)c4ncc(C(=O)Nc5cc(C(F)(F)F)c(Cl)cn5)s4)ncn3)s2)ncc1Cl. The van der Waals surface area contributed by atoms with Crippen LogP contribution in [0, 0.1) is 6.92 Å². The number of hydrogen-bond acceptors (Lipinski definition) is 12. The van der Waals surface area contributed by atoms with Crippen molar-refractivity contribution < 1.29 is 32.3 Å². The molecule has 51 heavy (non-hydrogen) atoms. The molecule has 0 radical (unpaired) electrons. The summed E-state index contributed by atoms with van der Waals surface area (Å²) >= 11 is 13.5. The lowest BCUT2D eigenvalue weighted by atomic mass is 10.2. The van der Waals surface area contributed by atoms with Crippen molar-refractivity contribution in [1.29, 1.82) is 0 Å². The maximum Gasteiger partial charge on any atom is 0.418 e. The van der Waals surface area contributed by atoms with E-state index in [2.05, 4.69) is 51.2 Å². The summed E-state index contributed by atoms with van der Waals surface area (Å²) in [6, 6.07) is 2.05. The molecule has 4 amide bonds. The second-order valence-corrected chi connectivity index (χ2v) is 13.5. The molecular formula is C30H23Cl2F3N10O4S2. The van der Waals surface area contributed by atoms with E-state index < -0.39 is 52.5 Å². The van der Waals surface area contributed by atoms with E-state index in [-0.39, 0.29) is 27.0 Å². The summed E-state index contributed by atoms with van der Waals surface area (Å²) in [5.74, 6) is -2.59. The van der Waals surface area contributed by atoms with Crippen molar-refractivity contribution in [2.45, 2.75) is 39.0 Å². The van der Waals surface area contributed by atoms with Gasteiger partial charge in [-0.3, -0.25) is 19.2 Å². The highest BCUT2D eigenvalue weighted by Crippen LogP contribution is 2.35. The monoisotopic (exact) mass is 778 g/mol. The number of rotatable bonds is 10. The van der Waals surface area contributed by atoms with Gasteiger partial charge in [-0.15, -0.1) is 22.7 Å². The van der Waals surface area contributed by atoms with E-state index in [0.717, 1.165) is 40.8 Å². The van der Waals surface area contributed by atoms with Gasteiger partial charge in [0.25, 0.3) is 23.6 Å². The minimum Gasteiger partial charge on any atom is -0.342 e. The summed E-state index contributed by atoms with van der Waals surface area (Å²) in [5.41, 5.74) is -0.678. The van der Waals surface area contributed by atoms with Crippen molar-refractivity contribution in [2.75, 3.05) is 10.6 Å². The average molecular weight is 780 g/mol. The number of carbonyl (C=O) groups excluding carboxylic acids is 4. The lowest BCUT2D eigenvalue weighted by molar-refractivity contribution is -0.137. The Morgan fingerprint density at radius 3 is 1.61 bits per heavy atom. The molecule has 0 aliphatic carbocycles.